The van der Waals surface area contributed by atoms with E-state index in [1.54, 1.807) is 0 Å². The van der Waals surface area contributed by atoms with Gasteiger partial charge in [-0.2, -0.15) is 0 Å². The van der Waals surface area contributed by atoms with Crippen molar-refractivity contribution in [1.29, 1.82) is 0 Å². The lowest BCUT2D eigenvalue weighted by Gasteiger charge is -2.43. The van der Waals surface area contributed by atoms with Gasteiger partial charge in [-0.25, -0.2) is 0 Å². The van der Waals surface area contributed by atoms with E-state index in [4.69, 9.17) is 4.42 Å². The molecule has 14 rings (SSSR count). The fourth-order valence-corrected chi connectivity index (χ4v) is 14.0. The molecule has 2 aliphatic rings. The molecule has 396 valence electrons. The van der Waals surface area contributed by atoms with Crippen molar-refractivity contribution in [3.05, 3.63) is 241 Å². The topological polar surface area (TPSA) is 22.9 Å². The largest absolute Gasteiger partial charge is 0.454 e. The Labute approximate surface area is 481 Å². The van der Waals surface area contributed by atoms with Crippen LogP contribution < -0.4 is 30.4 Å². The minimum absolute atomic E-state index is 0.0107. The first-order chi connectivity index (χ1) is 39.0. The average molecular weight is 1070 g/mol. The summed E-state index contributed by atoms with van der Waals surface area (Å²) in [6, 6.07) is 81.8. The smallest absolute Gasteiger partial charge is 0.264 e. The molecular formula is C75H66BN3OS. The van der Waals surface area contributed by atoms with Crippen molar-refractivity contribution in [3.8, 4) is 22.3 Å². The summed E-state index contributed by atoms with van der Waals surface area (Å²) in [6.07, 6.45) is 0. The summed E-state index contributed by atoms with van der Waals surface area (Å²) in [6.45, 7) is 23.0. The van der Waals surface area contributed by atoms with Crippen molar-refractivity contribution in [2.24, 2.45) is 0 Å². The molecule has 2 aliphatic heterocycles. The molecule has 0 atom stereocenters. The van der Waals surface area contributed by atoms with Crippen LogP contribution >= 0.6 is 11.3 Å². The lowest BCUT2D eigenvalue weighted by atomic mass is 9.36. The highest BCUT2D eigenvalue weighted by atomic mass is 32.1. The van der Waals surface area contributed by atoms with E-state index in [-0.39, 0.29) is 23.0 Å². The summed E-state index contributed by atoms with van der Waals surface area (Å²) in [5.41, 5.74) is 24.2. The molecule has 0 spiro atoms. The van der Waals surface area contributed by atoms with Crippen molar-refractivity contribution in [1.82, 2.24) is 0 Å². The Bertz CT molecular complexity index is 4420. The maximum Gasteiger partial charge on any atom is 0.264 e. The molecule has 0 N–H and O–H groups in total. The number of thiophene rings is 1. The number of hydrogen-bond acceptors (Lipinski definition) is 5. The molecule has 12 aromatic rings. The molecule has 0 bridgehead atoms. The highest BCUT2D eigenvalue weighted by Crippen LogP contribution is 2.52. The second-order valence-electron chi connectivity index (χ2n) is 25.5. The molecule has 0 amide bonds. The molecule has 4 heterocycles. The molecule has 6 heteroatoms. The van der Waals surface area contributed by atoms with Gasteiger partial charge in [0.2, 0.25) is 0 Å². The third-order valence-electron chi connectivity index (χ3n) is 17.0. The molecule has 0 saturated carbocycles. The molecule has 2 aromatic heterocycles. The maximum absolute atomic E-state index is 7.07. The molecule has 0 unspecified atom stereocenters. The molecule has 0 saturated heterocycles. The maximum atomic E-state index is 7.07. The lowest BCUT2D eigenvalue weighted by Crippen LogP contribution is -2.60. The van der Waals surface area contributed by atoms with Crippen LogP contribution in [0, 0.1) is 6.92 Å². The molecule has 4 nitrogen and oxygen atoms in total. The predicted molar refractivity (Wildman–Crippen MR) is 350 cm³/mol. The van der Waals surface area contributed by atoms with Gasteiger partial charge in [0.15, 0.2) is 5.58 Å². The molecular weight excluding hydrogens is 1000 g/mol. The first-order valence-electron chi connectivity index (χ1n) is 28.6. The van der Waals surface area contributed by atoms with Crippen molar-refractivity contribution < 1.29 is 4.42 Å². The lowest BCUT2D eigenvalue weighted by molar-refractivity contribution is 0.590. The fourth-order valence-electron chi connectivity index (χ4n) is 12.7. The monoisotopic (exact) mass is 1070 g/mol. The van der Waals surface area contributed by atoms with E-state index < -0.39 is 0 Å². The minimum atomic E-state index is -0.0779. The first-order valence-corrected chi connectivity index (χ1v) is 29.4. The Morgan fingerprint density at radius 3 is 1.74 bits per heavy atom. The number of furan rings is 1. The van der Waals surface area contributed by atoms with E-state index in [0.29, 0.717) is 0 Å². The number of nitrogens with zero attached hydrogens (tertiary/aromatic N) is 3. The van der Waals surface area contributed by atoms with E-state index in [1.807, 2.05) is 11.3 Å². The number of rotatable bonds is 7. The van der Waals surface area contributed by atoms with Gasteiger partial charge in [0, 0.05) is 65.3 Å². The standard InChI is InChI=1S/C75H66BN3OS/c1-47-42-65-69-66(43-47)79(63-26-19-25-58-57-24-17-18-27-67(57)80-71(58)63)64-46-56(77(54-34-29-51(30-35-54)73(2,3)4)62-40-28-50(48-20-13-11-14-21-48)44-59(62)49-22-15-12-16-23-49)38-39-61(64)76(69)72-70(60-45-53(75(8,9)10)33-41-68(60)81-72)78(65)55-36-31-52(32-37-55)74(5,6)7/h11-46H,1-10H3. The molecule has 0 aliphatic carbocycles. The van der Waals surface area contributed by atoms with Crippen LogP contribution in [-0.4, -0.2) is 6.71 Å². The Morgan fingerprint density at radius 1 is 0.444 bits per heavy atom. The number of para-hydroxylation sites is 2. The SMILES string of the molecule is Cc1cc2c3c(c1)N(c1cccc4c1oc1ccccc14)c1cc(N(c4ccc(C(C)(C)C)cc4)c4ccc(-c5ccccc5)cc4-c4ccccc4)ccc1B3c1sc3ccc(C(C)(C)C)cc3c1N2c1ccc(C(C)(C)C)cc1. The highest BCUT2D eigenvalue weighted by Gasteiger charge is 2.46. The summed E-state index contributed by atoms with van der Waals surface area (Å²) >= 11 is 1.95. The zero-order chi connectivity index (χ0) is 55.7. The van der Waals surface area contributed by atoms with E-state index >= 15 is 0 Å². The Balaban J connectivity index is 1.07. The molecule has 0 radical (unpaired) electrons. The zero-order valence-corrected chi connectivity index (χ0v) is 48.8. The second kappa shape index (κ2) is 18.8. The Morgan fingerprint density at radius 2 is 1.05 bits per heavy atom. The van der Waals surface area contributed by atoms with Gasteiger partial charge < -0.3 is 19.1 Å². The Hall–Kier alpha value is -8.58. The number of fused-ring (bicyclic) bond motifs is 9. The van der Waals surface area contributed by atoms with Gasteiger partial charge >= 0.3 is 0 Å². The summed E-state index contributed by atoms with van der Waals surface area (Å²) in [5, 5.41) is 3.50. The van der Waals surface area contributed by atoms with E-state index in [9.17, 15) is 0 Å². The van der Waals surface area contributed by atoms with E-state index in [0.717, 1.165) is 72.9 Å². The number of hydrogen-bond donors (Lipinski definition) is 0. The van der Waals surface area contributed by atoms with Crippen molar-refractivity contribution in [2.45, 2.75) is 85.5 Å². The summed E-state index contributed by atoms with van der Waals surface area (Å²) in [4.78, 5) is 7.63. The quantitative estimate of drug-likeness (QED) is 0.148. The summed E-state index contributed by atoms with van der Waals surface area (Å²) < 4.78 is 9.71. The zero-order valence-electron chi connectivity index (χ0n) is 48.0. The van der Waals surface area contributed by atoms with Crippen LogP contribution in [0.5, 0.6) is 0 Å². The van der Waals surface area contributed by atoms with Crippen LogP contribution in [0.1, 0.15) is 84.6 Å². The van der Waals surface area contributed by atoms with Gasteiger partial charge in [-0.1, -0.05) is 196 Å². The van der Waals surface area contributed by atoms with Gasteiger partial charge in [0.05, 0.1) is 17.1 Å². The van der Waals surface area contributed by atoms with Crippen LogP contribution in [0.4, 0.5) is 51.2 Å². The van der Waals surface area contributed by atoms with Gasteiger partial charge in [0.1, 0.15) is 5.58 Å². The van der Waals surface area contributed by atoms with Gasteiger partial charge in [0.25, 0.3) is 6.71 Å². The molecule has 10 aromatic carbocycles. The van der Waals surface area contributed by atoms with Gasteiger partial charge in [-0.05, 0) is 158 Å². The van der Waals surface area contributed by atoms with Gasteiger partial charge in [-0.15, -0.1) is 11.3 Å². The van der Waals surface area contributed by atoms with Crippen molar-refractivity contribution in [3.63, 3.8) is 0 Å². The van der Waals surface area contributed by atoms with Crippen LogP contribution in [-0.2, 0) is 16.2 Å². The number of aryl methyl sites for hydroxylation is 1. The van der Waals surface area contributed by atoms with Gasteiger partial charge in [-0.3, -0.25) is 0 Å². The van der Waals surface area contributed by atoms with Crippen LogP contribution in [0.25, 0.3) is 54.3 Å². The normalized spacial score (nSPS) is 13.2. The van der Waals surface area contributed by atoms with E-state index in [1.165, 1.54) is 70.5 Å². The third-order valence-corrected chi connectivity index (χ3v) is 18.2. The number of anilines is 9. The third kappa shape index (κ3) is 8.49. The first kappa shape index (κ1) is 50.6. The van der Waals surface area contributed by atoms with E-state index in [2.05, 4.69) is 302 Å². The molecule has 81 heavy (non-hydrogen) atoms. The van der Waals surface area contributed by atoms with Crippen LogP contribution in [0.2, 0.25) is 0 Å². The minimum Gasteiger partial charge on any atom is -0.454 e. The number of benzene rings is 10. The summed E-state index contributed by atoms with van der Waals surface area (Å²) in [7, 11) is 0. The van der Waals surface area contributed by atoms with Crippen LogP contribution in [0.15, 0.2) is 223 Å². The second-order valence-corrected chi connectivity index (χ2v) is 26.6. The van der Waals surface area contributed by atoms with Crippen molar-refractivity contribution >= 4 is 117 Å². The average Bonchev–Trinajstić information content (AvgIpc) is 4.25. The van der Waals surface area contributed by atoms with Crippen molar-refractivity contribution in [2.75, 3.05) is 14.7 Å². The molecule has 0 fully saturated rings. The predicted octanol–water partition coefficient (Wildman–Crippen LogP) is 19.9. The summed E-state index contributed by atoms with van der Waals surface area (Å²) in [5.74, 6) is 0. The van der Waals surface area contributed by atoms with Crippen LogP contribution in [0.3, 0.4) is 0 Å². The fraction of sp³-hybridized carbons (Fsp3) is 0.173. The highest BCUT2D eigenvalue weighted by molar-refractivity contribution is 7.33. The Kier molecular flexibility index (Phi) is 11.7.